The topological polar surface area (TPSA) is 31.9 Å². The number of nitrogens with zero attached hydrogens (tertiary/aromatic N) is 2. The van der Waals surface area contributed by atoms with E-state index in [1.165, 1.54) is 37.8 Å². The second-order valence-electron chi connectivity index (χ2n) is 8.08. The summed E-state index contributed by atoms with van der Waals surface area (Å²) < 4.78 is 25.8. The first kappa shape index (κ1) is 19.3. The lowest BCUT2D eigenvalue weighted by Gasteiger charge is -2.45. The molecule has 1 aromatic heterocycles. The standard InChI is InChI=1S/C21H31F2N3/c1-4-5-6-7-11-26-12-10-21(3,15(2)14-26)16-8-9-17-18(13-16)25-20(24-17)19(22)23/h8-9,13,15,19H,4-7,10-12,14H2,1-3H3,(H,24,25). The second kappa shape index (κ2) is 8.03. The first-order valence-electron chi connectivity index (χ1n) is 9.94. The summed E-state index contributed by atoms with van der Waals surface area (Å²) >= 11 is 0. The number of hydrogen-bond acceptors (Lipinski definition) is 2. The predicted molar refractivity (Wildman–Crippen MR) is 103 cm³/mol. The molecule has 1 fully saturated rings. The Morgan fingerprint density at radius 3 is 2.81 bits per heavy atom. The number of unbranched alkanes of at least 4 members (excludes halogenated alkanes) is 3. The number of likely N-dealkylation sites (tertiary alicyclic amines) is 1. The van der Waals surface area contributed by atoms with Crippen molar-refractivity contribution in [3.05, 3.63) is 29.6 Å². The van der Waals surface area contributed by atoms with Crippen molar-refractivity contribution < 1.29 is 8.78 Å². The van der Waals surface area contributed by atoms with Crippen molar-refractivity contribution in [2.24, 2.45) is 5.92 Å². The van der Waals surface area contributed by atoms with Gasteiger partial charge in [-0.1, -0.05) is 46.1 Å². The minimum atomic E-state index is -2.56. The normalized spacial score (nSPS) is 24.6. The number of hydrogen-bond donors (Lipinski definition) is 1. The van der Waals surface area contributed by atoms with Crippen LogP contribution in [0, 0.1) is 5.92 Å². The summed E-state index contributed by atoms with van der Waals surface area (Å²) in [5, 5.41) is 0. The lowest BCUT2D eigenvalue weighted by Crippen LogP contribution is -2.47. The molecule has 26 heavy (non-hydrogen) atoms. The molecule has 3 rings (SSSR count). The molecule has 0 aliphatic carbocycles. The minimum absolute atomic E-state index is 0.0675. The van der Waals surface area contributed by atoms with E-state index in [9.17, 15) is 8.78 Å². The van der Waals surface area contributed by atoms with Crippen LogP contribution < -0.4 is 0 Å². The van der Waals surface area contributed by atoms with Gasteiger partial charge in [0, 0.05) is 6.54 Å². The van der Waals surface area contributed by atoms with Gasteiger partial charge in [-0.05, 0) is 55.0 Å². The van der Waals surface area contributed by atoms with Gasteiger partial charge in [0.05, 0.1) is 11.0 Å². The van der Waals surface area contributed by atoms with Crippen molar-refractivity contribution in [1.82, 2.24) is 14.9 Å². The molecule has 0 radical (unpaired) electrons. The highest BCUT2D eigenvalue weighted by atomic mass is 19.3. The number of rotatable bonds is 7. The van der Waals surface area contributed by atoms with Gasteiger partial charge >= 0.3 is 0 Å². The zero-order valence-corrected chi connectivity index (χ0v) is 16.2. The van der Waals surface area contributed by atoms with Gasteiger partial charge in [0.1, 0.15) is 0 Å². The fraction of sp³-hybridized carbons (Fsp3) is 0.667. The number of alkyl halides is 2. The summed E-state index contributed by atoms with van der Waals surface area (Å²) in [4.78, 5) is 9.39. The molecule has 3 nitrogen and oxygen atoms in total. The van der Waals surface area contributed by atoms with Gasteiger partial charge in [0.25, 0.3) is 6.43 Å². The van der Waals surface area contributed by atoms with Crippen molar-refractivity contribution in [2.75, 3.05) is 19.6 Å². The van der Waals surface area contributed by atoms with Gasteiger partial charge in [0.2, 0.25) is 0 Å². The molecular formula is C21H31F2N3. The van der Waals surface area contributed by atoms with Crippen LogP contribution in [0.3, 0.4) is 0 Å². The van der Waals surface area contributed by atoms with Crippen LogP contribution in [0.2, 0.25) is 0 Å². The molecule has 1 N–H and O–H groups in total. The molecular weight excluding hydrogens is 332 g/mol. The zero-order chi connectivity index (χ0) is 18.7. The average molecular weight is 363 g/mol. The van der Waals surface area contributed by atoms with Crippen LogP contribution in [0.1, 0.15) is 70.7 Å². The Morgan fingerprint density at radius 1 is 1.31 bits per heavy atom. The van der Waals surface area contributed by atoms with Crippen LogP contribution in [-0.4, -0.2) is 34.5 Å². The molecule has 1 aliphatic rings. The minimum Gasteiger partial charge on any atom is -0.337 e. The summed E-state index contributed by atoms with van der Waals surface area (Å²) in [5.41, 5.74) is 2.62. The number of fused-ring (bicyclic) bond motifs is 1. The Morgan fingerprint density at radius 2 is 2.12 bits per heavy atom. The van der Waals surface area contributed by atoms with Crippen LogP contribution in [0.4, 0.5) is 8.78 Å². The second-order valence-corrected chi connectivity index (χ2v) is 8.08. The molecule has 5 heteroatoms. The van der Waals surface area contributed by atoms with E-state index in [2.05, 4.69) is 41.7 Å². The fourth-order valence-electron chi connectivity index (χ4n) is 4.20. The molecule has 0 amide bonds. The van der Waals surface area contributed by atoms with Crippen molar-refractivity contribution >= 4 is 11.0 Å². The lowest BCUT2D eigenvalue weighted by atomic mass is 9.68. The third-order valence-corrected chi connectivity index (χ3v) is 6.26. The van der Waals surface area contributed by atoms with E-state index in [-0.39, 0.29) is 11.2 Å². The maximum Gasteiger partial charge on any atom is 0.295 e. The molecule has 2 atom stereocenters. The molecule has 0 spiro atoms. The van der Waals surface area contributed by atoms with Crippen LogP contribution in [0.5, 0.6) is 0 Å². The van der Waals surface area contributed by atoms with Gasteiger partial charge in [-0.2, -0.15) is 0 Å². The maximum atomic E-state index is 12.9. The van der Waals surface area contributed by atoms with E-state index in [0.717, 1.165) is 19.5 Å². The third-order valence-electron chi connectivity index (χ3n) is 6.26. The predicted octanol–water partition coefficient (Wildman–Crippen LogP) is 5.68. The molecule has 0 bridgehead atoms. The van der Waals surface area contributed by atoms with E-state index < -0.39 is 6.43 Å². The Labute approximate surface area is 155 Å². The number of aromatic nitrogens is 2. The number of imidazole rings is 1. The van der Waals surface area contributed by atoms with Crippen LogP contribution in [-0.2, 0) is 5.41 Å². The van der Waals surface area contributed by atoms with Gasteiger partial charge in [-0.15, -0.1) is 0 Å². The average Bonchev–Trinajstić information content (AvgIpc) is 3.05. The zero-order valence-electron chi connectivity index (χ0n) is 16.2. The van der Waals surface area contributed by atoms with Crippen molar-refractivity contribution in [3.8, 4) is 0 Å². The Balaban J connectivity index is 1.71. The number of nitrogens with one attached hydrogen (secondary N) is 1. The number of piperidine rings is 1. The monoisotopic (exact) mass is 363 g/mol. The summed E-state index contributed by atoms with van der Waals surface area (Å²) in [5.74, 6) is 0.283. The highest BCUT2D eigenvalue weighted by molar-refractivity contribution is 5.76. The van der Waals surface area contributed by atoms with Gasteiger partial charge < -0.3 is 9.88 Å². The highest BCUT2D eigenvalue weighted by Crippen LogP contribution is 2.40. The largest absolute Gasteiger partial charge is 0.337 e. The lowest BCUT2D eigenvalue weighted by molar-refractivity contribution is 0.109. The summed E-state index contributed by atoms with van der Waals surface area (Å²) in [6.45, 7) is 10.3. The SMILES string of the molecule is CCCCCCN1CCC(C)(c2ccc3[nH]c(C(F)F)nc3c2)C(C)C1. The van der Waals surface area contributed by atoms with Crippen LogP contribution in [0.15, 0.2) is 18.2 Å². The summed E-state index contributed by atoms with van der Waals surface area (Å²) in [7, 11) is 0. The third kappa shape index (κ3) is 3.93. The Bertz CT molecular complexity index is 727. The Hall–Kier alpha value is -1.49. The van der Waals surface area contributed by atoms with Gasteiger partial charge in [0.15, 0.2) is 5.82 Å². The smallest absolute Gasteiger partial charge is 0.295 e. The molecule has 144 valence electrons. The van der Waals surface area contributed by atoms with Crippen molar-refractivity contribution in [2.45, 2.75) is 64.7 Å². The van der Waals surface area contributed by atoms with E-state index in [0.29, 0.717) is 17.0 Å². The van der Waals surface area contributed by atoms with Crippen LogP contribution >= 0.6 is 0 Å². The van der Waals surface area contributed by atoms with Crippen molar-refractivity contribution in [1.29, 1.82) is 0 Å². The number of halogens is 2. The summed E-state index contributed by atoms with van der Waals surface area (Å²) in [6.07, 6.45) is 3.74. The van der Waals surface area contributed by atoms with Crippen molar-refractivity contribution in [3.63, 3.8) is 0 Å². The van der Waals surface area contributed by atoms with Gasteiger partial charge in [-0.25, -0.2) is 13.8 Å². The molecule has 2 heterocycles. The molecule has 0 saturated carbocycles. The number of H-pyrrole nitrogens is 1. The number of benzene rings is 1. The molecule has 1 saturated heterocycles. The van der Waals surface area contributed by atoms with E-state index >= 15 is 0 Å². The molecule has 1 aliphatic heterocycles. The van der Waals surface area contributed by atoms with E-state index in [1.807, 2.05) is 12.1 Å². The highest BCUT2D eigenvalue weighted by Gasteiger charge is 2.38. The van der Waals surface area contributed by atoms with E-state index in [4.69, 9.17) is 0 Å². The maximum absolute atomic E-state index is 12.9. The fourth-order valence-corrected chi connectivity index (χ4v) is 4.20. The van der Waals surface area contributed by atoms with E-state index in [1.54, 1.807) is 0 Å². The first-order valence-corrected chi connectivity index (χ1v) is 9.94. The molecule has 2 unspecified atom stereocenters. The number of aromatic amines is 1. The summed E-state index contributed by atoms with van der Waals surface area (Å²) in [6, 6.07) is 5.99. The van der Waals surface area contributed by atoms with Crippen LogP contribution in [0.25, 0.3) is 11.0 Å². The molecule has 2 aromatic rings. The molecule has 1 aromatic carbocycles. The van der Waals surface area contributed by atoms with Gasteiger partial charge in [-0.3, -0.25) is 0 Å². The quantitative estimate of drug-likeness (QED) is 0.642. The Kier molecular flexibility index (Phi) is 5.96. The first-order chi connectivity index (χ1) is 12.4.